The first-order chi connectivity index (χ1) is 6.72. The van der Waals surface area contributed by atoms with Crippen LogP contribution in [0.4, 0.5) is 0 Å². The zero-order valence-corrected chi connectivity index (χ0v) is 7.78. The van der Waals surface area contributed by atoms with Crippen molar-refractivity contribution in [1.82, 2.24) is 0 Å². The van der Waals surface area contributed by atoms with Gasteiger partial charge in [-0.05, 0) is 24.1 Å². The number of hydrogen-bond acceptors (Lipinski definition) is 3. The van der Waals surface area contributed by atoms with Crippen LogP contribution in [0.2, 0.25) is 0 Å². The van der Waals surface area contributed by atoms with Crippen molar-refractivity contribution >= 4 is 11.0 Å². The Balaban J connectivity index is 2.96. The monoisotopic (exact) mass is 190 g/mol. The molecule has 0 fully saturated rings. The van der Waals surface area contributed by atoms with Gasteiger partial charge in [0.25, 0.3) is 0 Å². The summed E-state index contributed by atoms with van der Waals surface area (Å²) in [6, 6.07) is 6.33. The Morgan fingerprint density at radius 2 is 2.21 bits per heavy atom. The Hall–Kier alpha value is -1.77. The Bertz CT molecular complexity index is 526. The van der Waals surface area contributed by atoms with Crippen molar-refractivity contribution in [3.05, 3.63) is 40.2 Å². The Kier molecular flexibility index (Phi) is 2.00. The fraction of sp³-hybridized carbons (Fsp3) is 0.182. The van der Waals surface area contributed by atoms with Gasteiger partial charge in [0.15, 0.2) is 0 Å². The molecular formula is C11H10O3. The standard InChI is InChI=1S/C11H10O3/c1-2-7-6-10(13)14-9-5-3-4-8(12)11(7)9/h3-6,12H,2H2,1H3. The minimum atomic E-state index is -0.375. The Labute approximate surface area is 80.6 Å². The lowest BCUT2D eigenvalue weighted by Crippen LogP contribution is -1.99. The van der Waals surface area contributed by atoms with E-state index < -0.39 is 0 Å². The zero-order chi connectivity index (χ0) is 10.1. The van der Waals surface area contributed by atoms with Crippen LogP contribution in [0.1, 0.15) is 12.5 Å². The number of phenolic OH excluding ortho intramolecular Hbond substituents is 1. The van der Waals surface area contributed by atoms with Crippen molar-refractivity contribution in [3.63, 3.8) is 0 Å². The quantitative estimate of drug-likeness (QED) is 0.700. The molecule has 3 nitrogen and oxygen atoms in total. The van der Waals surface area contributed by atoms with E-state index >= 15 is 0 Å². The molecule has 0 aliphatic rings. The largest absolute Gasteiger partial charge is 0.507 e. The van der Waals surface area contributed by atoms with E-state index in [1.54, 1.807) is 18.2 Å². The Morgan fingerprint density at radius 3 is 2.93 bits per heavy atom. The minimum absolute atomic E-state index is 0.156. The first-order valence-corrected chi connectivity index (χ1v) is 4.47. The third kappa shape index (κ3) is 1.27. The highest BCUT2D eigenvalue weighted by Gasteiger charge is 2.07. The summed E-state index contributed by atoms with van der Waals surface area (Å²) >= 11 is 0. The molecule has 0 amide bonds. The minimum Gasteiger partial charge on any atom is -0.507 e. The van der Waals surface area contributed by atoms with Gasteiger partial charge < -0.3 is 9.52 Å². The molecule has 0 atom stereocenters. The third-order valence-electron chi connectivity index (χ3n) is 2.21. The summed E-state index contributed by atoms with van der Waals surface area (Å²) in [5, 5.41) is 10.2. The van der Waals surface area contributed by atoms with Gasteiger partial charge in [-0.1, -0.05) is 13.0 Å². The maximum Gasteiger partial charge on any atom is 0.336 e. The van der Waals surface area contributed by atoms with Gasteiger partial charge >= 0.3 is 5.63 Å². The maximum atomic E-state index is 11.1. The Morgan fingerprint density at radius 1 is 1.43 bits per heavy atom. The maximum absolute atomic E-state index is 11.1. The highest BCUT2D eigenvalue weighted by Crippen LogP contribution is 2.26. The molecule has 0 spiro atoms. The van der Waals surface area contributed by atoms with Crippen LogP contribution in [0.3, 0.4) is 0 Å². The van der Waals surface area contributed by atoms with Crippen molar-refractivity contribution in [2.45, 2.75) is 13.3 Å². The molecule has 3 heteroatoms. The number of phenols is 1. The van der Waals surface area contributed by atoms with Crippen molar-refractivity contribution < 1.29 is 9.52 Å². The molecule has 1 N–H and O–H groups in total. The molecule has 0 saturated carbocycles. The van der Waals surface area contributed by atoms with Crippen molar-refractivity contribution in [3.8, 4) is 5.75 Å². The smallest absolute Gasteiger partial charge is 0.336 e. The van der Waals surface area contributed by atoms with Crippen LogP contribution >= 0.6 is 0 Å². The lowest BCUT2D eigenvalue weighted by atomic mass is 10.1. The van der Waals surface area contributed by atoms with E-state index in [9.17, 15) is 9.90 Å². The second-order valence-electron chi connectivity index (χ2n) is 3.09. The molecule has 1 heterocycles. The summed E-state index contributed by atoms with van der Waals surface area (Å²) in [5.41, 5.74) is 0.878. The molecule has 1 aromatic heterocycles. The first kappa shape index (κ1) is 8.81. The summed E-state index contributed by atoms with van der Waals surface area (Å²) in [6.45, 7) is 1.93. The molecule has 2 aromatic rings. The average molecular weight is 190 g/mol. The number of fused-ring (bicyclic) bond motifs is 1. The van der Waals surface area contributed by atoms with E-state index in [-0.39, 0.29) is 11.4 Å². The van der Waals surface area contributed by atoms with Crippen LogP contribution in [0.5, 0.6) is 5.75 Å². The predicted molar refractivity (Wildman–Crippen MR) is 53.5 cm³/mol. The van der Waals surface area contributed by atoms with Crippen LogP contribution in [-0.2, 0) is 6.42 Å². The second-order valence-corrected chi connectivity index (χ2v) is 3.09. The van der Waals surface area contributed by atoms with E-state index in [1.165, 1.54) is 6.07 Å². The lowest BCUT2D eigenvalue weighted by Gasteiger charge is -2.03. The summed E-state index contributed by atoms with van der Waals surface area (Å²) in [4.78, 5) is 11.1. The number of aromatic hydroxyl groups is 1. The van der Waals surface area contributed by atoms with Gasteiger partial charge in [0, 0.05) is 6.07 Å². The van der Waals surface area contributed by atoms with Crippen molar-refractivity contribution in [1.29, 1.82) is 0 Å². The van der Waals surface area contributed by atoms with Crippen LogP contribution in [0.15, 0.2) is 33.5 Å². The van der Waals surface area contributed by atoms with Gasteiger partial charge in [-0.2, -0.15) is 0 Å². The lowest BCUT2D eigenvalue weighted by molar-refractivity contribution is 0.478. The van der Waals surface area contributed by atoms with Crippen LogP contribution in [-0.4, -0.2) is 5.11 Å². The van der Waals surface area contributed by atoms with Gasteiger partial charge in [0.05, 0.1) is 5.39 Å². The normalized spacial score (nSPS) is 10.6. The molecule has 0 aliphatic heterocycles. The van der Waals surface area contributed by atoms with E-state index in [0.29, 0.717) is 17.4 Å². The topological polar surface area (TPSA) is 50.4 Å². The zero-order valence-electron chi connectivity index (χ0n) is 7.78. The molecule has 14 heavy (non-hydrogen) atoms. The fourth-order valence-electron chi connectivity index (χ4n) is 1.56. The molecule has 0 unspecified atom stereocenters. The van der Waals surface area contributed by atoms with Gasteiger partial charge in [-0.15, -0.1) is 0 Å². The van der Waals surface area contributed by atoms with Gasteiger partial charge in [0.1, 0.15) is 11.3 Å². The molecule has 0 aliphatic carbocycles. The summed E-state index contributed by atoms with van der Waals surface area (Å²) in [6.07, 6.45) is 0.694. The van der Waals surface area contributed by atoms with E-state index in [2.05, 4.69) is 0 Å². The summed E-state index contributed by atoms with van der Waals surface area (Å²) in [7, 11) is 0. The van der Waals surface area contributed by atoms with E-state index in [1.807, 2.05) is 6.92 Å². The van der Waals surface area contributed by atoms with Crippen molar-refractivity contribution in [2.24, 2.45) is 0 Å². The van der Waals surface area contributed by atoms with E-state index in [0.717, 1.165) is 5.56 Å². The SMILES string of the molecule is CCc1cc(=O)oc2cccc(O)c12. The fourth-order valence-corrected chi connectivity index (χ4v) is 1.56. The highest BCUT2D eigenvalue weighted by atomic mass is 16.4. The number of rotatable bonds is 1. The van der Waals surface area contributed by atoms with Crippen LogP contribution in [0.25, 0.3) is 11.0 Å². The van der Waals surface area contributed by atoms with Gasteiger partial charge in [0.2, 0.25) is 0 Å². The highest BCUT2D eigenvalue weighted by molar-refractivity contribution is 5.86. The molecule has 0 bridgehead atoms. The molecular weight excluding hydrogens is 180 g/mol. The molecule has 2 rings (SSSR count). The summed E-state index contributed by atoms with van der Waals surface area (Å²) in [5.74, 6) is 0.156. The summed E-state index contributed by atoms with van der Waals surface area (Å²) < 4.78 is 4.97. The number of aryl methyl sites for hydroxylation is 1. The van der Waals surface area contributed by atoms with Crippen LogP contribution in [0, 0.1) is 0 Å². The number of benzene rings is 1. The number of hydrogen-bond donors (Lipinski definition) is 1. The first-order valence-electron chi connectivity index (χ1n) is 4.47. The molecule has 0 radical (unpaired) electrons. The second kappa shape index (κ2) is 3.18. The third-order valence-corrected chi connectivity index (χ3v) is 2.21. The van der Waals surface area contributed by atoms with Crippen molar-refractivity contribution in [2.75, 3.05) is 0 Å². The molecule has 0 saturated heterocycles. The average Bonchev–Trinajstić information content (AvgIpc) is 2.16. The van der Waals surface area contributed by atoms with Gasteiger partial charge in [-0.3, -0.25) is 0 Å². The van der Waals surface area contributed by atoms with Gasteiger partial charge in [-0.25, -0.2) is 4.79 Å². The van der Waals surface area contributed by atoms with E-state index in [4.69, 9.17) is 4.42 Å². The molecule has 72 valence electrons. The molecule has 1 aromatic carbocycles. The van der Waals surface area contributed by atoms with Crippen LogP contribution < -0.4 is 5.63 Å². The predicted octanol–water partition coefficient (Wildman–Crippen LogP) is 2.06.